The van der Waals surface area contributed by atoms with Gasteiger partial charge >= 0.3 is 11.5 Å². The maximum Gasteiger partial charge on any atom is 0.483 e. The fourth-order valence-corrected chi connectivity index (χ4v) is 5.02. The van der Waals surface area contributed by atoms with Crippen LogP contribution in [0.1, 0.15) is 25.7 Å². The van der Waals surface area contributed by atoms with E-state index in [-0.39, 0.29) is 23.6 Å². The number of amides is 3. The number of carbonyl (C=O) groups excluding carboxylic acids is 2. The number of alkyl halides is 3. The van der Waals surface area contributed by atoms with E-state index >= 15 is 0 Å². The summed E-state index contributed by atoms with van der Waals surface area (Å²) in [5, 5.41) is 2.95. The number of carbonyl (C=O) groups is 2. The molecule has 2 N–H and O–H groups in total. The maximum atomic E-state index is 12.7. The average Bonchev–Trinajstić information content (AvgIpc) is 3.09. The molecule has 3 aliphatic rings. The van der Waals surface area contributed by atoms with E-state index in [0.29, 0.717) is 51.2 Å². The lowest BCUT2D eigenvalue weighted by molar-refractivity contribution is -0.120. The number of rotatable bonds is 3. The molecule has 0 saturated carbocycles. The molecule has 4 rings (SSSR count). The number of ether oxygens (including phenoxy) is 1. The summed E-state index contributed by atoms with van der Waals surface area (Å²) in [5.41, 5.74) is -5.39. The Hall–Kier alpha value is -2.50. The van der Waals surface area contributed by atoms with Crippen LogP contribution in [0.4, 0.5) is 18.0 Å². The number of halogens is 3. The topological polar surface area (TPSA) is 103 Å². The van der Waals surface area contributed by atoms with Crippen LogP contribution in [0.5, 0.6) is 5.75 Å². The maximum absolute atomic E-state index is 12.7. The van der Waals surface area contributed by atoms with Crippen LogP contribution in [0.2, 0.25) is 0 Å². The van der Waals surface area contributed by atoms with Crippen LogP contribution < -0.4 is 10.1 Å². The van der Waals surface area contributed by atoms with Crippen molar-refractivity contribution in [2.75, 3.05) is 26.2 Å². The highest BCUT2D eigenvalue weighted by Gasteiger charge is 2.50. The molecule has 0 aliphatic carbocycles. The quantitative estimate of drug-likeness (QED) is 0.724. The van der Waals surface area contributed by atoms with Crippen molar-refractivity contribution in [3.8, 4) is 5.75 Å². The molecule has 0 bridgehead atoms. The van der Waals surface area contributed by atoms with E-state index in [2.05, 4.69) is 5.32 Å². The van der Waals surface area contributed by atoms with E-state index in [1.807, 2.05) is 0 Å². The molecule has 8 nitrogen and oxygen atoms in total. The first-order valence-electron chi connectivity index (χ1n) is 9.96. The first-order chi connectivity index (χ1) is 14.5. The Morgan fingerprint density at radius 1 is 1.16 bits per heavy atom. The van der Waals surface area contributed by atoms with Gasteiger partial charge in [-0.15, -0.1) is 0 Å². The van der Waals surface area contributed by atoms with Gasteiger partial charge in [0.25, 0.3) is 0 Å². The first kappa shape index (κ1) is 21.7. The molecule has 12 heteroatoms. The molecule has 0 aromatic heterocycles. The summed E-state index contributed by atoms with van der Waals surface area (Å²) < 4.78 is 62.8. The second kappa shape index (κ2) is 7.57. The smallest absolute Gasteiger partial charge is 0.483 e. The highest BCUT2D eigenvalue weighted by Crippen LogP contribution is 2.33. The molecule has 1 aromatic carbocycles. The zero-order valence-electron chi connectivity index (χ0n) is 16.6. The molecular weight excluding hydrogens is 437 g/mol. The van der Waals surface area contributed by atoms with Gasteiger partial charge in [-0.2, -0.15) is 13.2 Å². The van der Waals surface area contributed by atoms with Gasteiger partial charge in [0.2, 0.25) is 5.91 Å². The van der Waals surface area contributed by atoms with Gasteiger partial charge in [-0.05, 0) is 30.7 Å². The molecule has 3 amide bonds. The van der Waals surface area contributed by atoms with Crippen molar-refractivity contribution < 1.29 is 31.7 Å². The fraction of sp³-hybridized carbons (Fsp3) is 0.579. The summed E-state index contributed by atoms with van der Waals surface area (Å²) in [5.74, 6) is 0.356. The summed E-state index contributed by atoms with van der Waals surface area (Å²) in [6, 6.07) is 4.49. The molecule has 3 fully saturated rings. The van der Waals surface area contributed by atoms with E-state index in [0.717, 1.165) is 18.6 Å². The lowest BCUT2D eigenvalue weighted by atomic mass is 9.88. The van der Waals surface area contributed by atoms with E-state index in [9.17, 15) is 27.0 Å². The van der Waals surface area contributed by atoms with Gasteiger partial charge in [0, 0.05) is 45.4 Å². The van der Waals surface area contributed by atoms with E-state index in [1.165, 1.54) is 12.1 Å². The number of hydrogen-bond donors (Lipinski definition) is 2. The van der Waals surface area contributed by atoms with Crippen LogP contribution in [0.25, 0.3) is 0 Å². The van der Waals surface area contributed by atoms with Crippen molar-refractivity contribution in [1.82, 2.24) is 15.1 Å². The largest absolute Gasteiger partial charge is 0.490 e. The van der Waals surface area contributed by atoms with Crippen molar-refractivity contribution in [3.63, 3.8) is 0 Å². The van der Waals surface area contributed by atoms with Crippen LogP contribution in [0, 0.1) is 4.78 Å². The van der Waals surface area contributed by atoms with Crippen molar-refractivity contribution in [2.24, 2.45) is 0 Å². The highest BCUT2D eigenvalue weighted by molar-refractivity contribution is 7.93. The minimum Gasteiger partial charge on any atom is -0.490 e. The Kier molecular flexibility index (Phi) is 5.31. The molecule has 3 heterocycles. The standard InChI is InChI=1S/C19H23F3N4O4S/c20-19(21,22)31(23,29)15-3-1-13(2-4-15)30-14-6-9-25(10-7-14)17(28)26-11-18(12-26)8-5-16(27)24-18/h1-4,14,23H,5-12H2,(H,24,27). The average molecular weight is 460 g/mol. The van der Waals surface area contributed by atoms with Crippen molar-refractivity contribution >= 4 is 21.7 Å². The van der Waals surface area contributed by atoms with Gasteiger partial charge in [-0.3, -0.25) is 4.79 Å². The van der Waals surface area contributed by atoms with Gasteiger partial charge < -0.3 is 19.9 Å². The molecule has 31 heavy (non-hydrogen) atoms. The number of benzene rings is 1. The molecule has 1 unspecified atom stereocenters. The lowest BCUT2D eigenvalue weighted by Gasteiger charge is -2.49. The van der Waals surface area contributed by atoms with E-state index in [4.69, 9.17) is 9.52 Å². The monoisotopic (exact) mass is 460 g/mol. The Morgan fingerprint density at radius 3 is 2.29 bits per heavy atom. The SMILES string of the molecule is N=S(=O)(c1ccc(OC2CCN(C(=O)N3CC4(CCC(=O)N4)C3)CC2)cc1)C(F)(F)F. The molecular formula is C19H23F3N4O4S. The number of piperidine rings is 1. The number of likely N-dealkylation sites (tertiary alicyclic amines) is 2. The van der Waals surface area contributed by atoms with Crippen LogP contribution in [0.15, 0.2) is 29.2 Å². The summed E-state index contributed by atoms with van der Waals surface area (Å²) in [6.45, 7) is 2.03. The Bertz CT molecular complexity index is 967. The first-order valence-corrected chi connectivity index (χ1v) is 11.5. The third kappa shape index (κ3) is 4.17. The van der Waals surface area contributed by atoms with Gasteiger partial charge in [0.1, 0.15) is 11.9 Å². The zero-order valence-corrected chi connectivity index (χ0v) is 17.4. The predicted octanol–water partition coefficient (Wildman–Crippen LogP) is 2.54. The Labute approximate surface area is 177 Å². The zero-order chi connectivity index (χ0) is 22.4. The third-order valence-corrected chi connectivity index (χ3v) is 7.58. The van der Waals surface area contributed by atoms with Gasteiger partial charge in [0.15, 0.2) is 9.73 Å². The summed E-state index contributed by atoms with van der Waals surface area (Å²) in [4.78, 5) is 26.9. The highest BCUT2D eigenvalue weighted by atomic mass is 32.2. The second-order valence-corrected chi connectivity index (χ2v) is 10.3. The van der Waals surface area contributed by atoms with Gasteiger partial charge in [-0.25, -0.2) is 13.8 Å². The number of nitrogens with one attached hydrogen (secondary N) is 2. The fourth-order valence-electron chi connectivity index (χ4n) is 4.23. The van der Waals surface area contributed by atoms with Crippen molar-refractivity contribution in [2.45, 2.75) is 47.7 Å². The Morgan fingerprint density at radius 2 is 1.77 bits per heavy atom. The summed E-state index contributed by atoms with van der Waals surface area (Å²) in [6.07, 6.45) is 2.19. The number of nitrogens with zero attached hydrogens (tertiary/aromatic N) is 2. The van der Waals surface area contributed by atoms with Crippen LogP contribution >= 0.6 is 0 Å². The minimum absolute atomic E-state index is 0.0292. The Balaban J connectivity index is 1.26. The summed E-state index contributed by atoms with van der Waals surface area (Å²) in [7, 11) is -4.89. The number of hydrogen-bond acceptors (Lipinski definition) is 5. The molecule has 0 radical (unpaired) electrons. The molecule has 3 aliphatic heterocycles. The lowest BCUT2D eigenvalue weighted by Crippen LogP contribution is -2.70. The third-order valence-electron chi connectivity index (χ3n) is 5.99. The van der Waals surface area contributed by atoms with Crippen LogP contribution in [-0.4, -0.2) is 69.3 Å². The molecule has 1 atom stereocenters. The van der Waals surface area contributed by atoms with E-state index < -0.39 is 20.1 Å². The van der Waals surface area contributed by atoms with Gasteiger partial charge in [0.05, 0.1) is 10.4 Å². The molecule has 1 aromatic rings. The molecule has 1 spiro atoms. The van der Waals surface area contributed by atoms with Crippen molar-refractivity contribution in [3.05, 3.63) is 24.3 Å². The van der Waals surface area contributed by atoms with Gasteiger partial charge in [-0.1, -0.05) is 0 Å². The summed E-state index contributed by atoms with van der Waals surface area (Å²) >= 11 is 0. The van der Waals surface area contributed by atoms with Crippen LogP contribution in [-0.2, 0) is 14.5 Å². The molecule has 170 valence electrons. The predicted molar refractivity (Wildman–Crippen MR) is 104 cm³/mol. The van der Waals surface area contributed by atoms with Crippen molar-refractivity contribution in [1.29, 1.82) is 4.78 Å². The molecule has 3 saturated heterocycles. The second-order valence-electron chi connectivity index (χ2n) is 8.24. The van der Waals surface area contributed by atoms with E-state index in [1.54, 1.807) is 9.80 Å². The normalized spacial score (nSPS) is 23.3. The number of urea groups is 1. The van der Waals surface area contributed by atoms with Crippen LogP contribution in [0.3, 0.4) is 0 Å². The minimum atomic E-state index is -5.13.